The fourth-order valence-corrected chi connectivity index (χ4v) is 5.08. The van der Waals surface area contributed by atoms with E-state index < -0.39 is 11.8 Å². The van der Waals surface area contributed by atoms with Crippen molar-refractivity contribution >= 4 is 17.7 Å². The lowest BCUT2D eigenvalue weighted by molar-refractivity contribution is -0.145. The van der Waals surface area contributed by atoms with Crippen LogP contribution in [-0.4, -0.2) is 59.0 Å². The van der Waals surface area contributed by atoms with Gasteiger partial charge in [-0.1, -0.05) is 69.3 Å². The van der Waals surface area contributed by atoms with Crippen LogP contribution >= 0.6 is 0 Å². The van der Waals surface area contributed by atoms with E-state index in [0.717, 1.165) is 11.1 Å². The van der Waals surface area contributed by atoms with Crippen LogP contribution in [0.1, 0.15) is 61.5 Å². The third-order valence-corrected chi connectivity index (χ3v) is 7.05. The van der Waals surface area contributed by atoms with E-state index in [1.165, 1.54) is 0 Å². The van der Waals surface area contributed by atoms with Gasteiger partial charge in [-0.05, 0) is 29.5 Å². The molecule has 2 aromatic rings. The molecule has 36 heavy (non-hydrogen) atoms. The molecule has 7 heteroatoms. The van der Waals surface area contributed by atoms with Gasteiger partial charge in [-0.2, -0.15) is 0 Å². The molecule has 2 aromatic carbocycles. The van der Waals surface area contributed by atoms with Crippen LogP contribution in [0.25, 0.3) is 0 Å². The number of carbonyl (C=O) groups is 3. The molecule has 0 saturated carbocycles. The lowest BCUT2D eigenvalue weighted by Gasteiger charge is -2.45. The minimum absolute atomic E-state index is 0.0924. The molecule has 2 saturated heterocycles. The largest absolute Gasteiger partial charge is 0.353 e. The molecule has 2 aliphatic rings. The second kappa shape index (κ2) is 10.4. The van der Waals surface area contributed by atoms with Crippen LogP contribution in [0, 0.1) is 12.3 Å². The van der Waals surface area contributed by atoms with Crippen LogP contribution in [0.15, 0.2) is 54.6 Å². The van der Waals surface area contributed by atoms with Gasteiger partial charge in [0.1, 0.15) is 11.8 Å². The molecule has 1 atom stereocenters. The predicted octanol–water partition coefficient (Wildman–Crippen LogP) is 3.91. The molecular weight excluding hydrogens is 454 g/mol. The highest BCUT2D eigenvalue weighted by molar-refractivity contribution is 5.99. The molecule has 2 aliphatic heterocycles. The van der Waals surface area contributed by atoms with Crippen LogP contribution in [0.4, 0.5) is 0 Å². The summed E-state index contributed by atoms with van der Waals surface area (Å²) in [6.07, 6.45) is 1.42. The van der Waals surface area contributed by atoms with Crippen molar-refractivity contribution in [1.82, 2.24) is 15.1 Å². The molecule has 0 aromatic heterocycles. The third kappa shape index (κ3) is 5.62. The van der Waals surface area contributed by atoms with E-state index in [0.29, 0.717) is 44.5 Å². The first-order valence-corrected chi connectivity index (χ1v) is 12.7. The summed E-state index contributed by atoms with van der Waals surface area (Å²) in [4.78, 5) is 43.6. The van der Waals surface area contributed by atoms with Gasteiger partial charge in [0.25, 0.3) is 5.91 Å². The van der Waals surface area contributed by atoms with Gasteiger partial charge in [0, 0.05) is 44.5 Å². The van der Waals surface area contributed by atoms with Gasteiger partial charge in [0.05, 0.1) is 6.61 Å². The highest BCUT2D eigenvalue weighted by Gasteiger charge is 2.54. The topological polar surface area (TPSA) is 79.0 Å². The van der Waals surface area contributed by atoms with E-state index in [4.69, 9.17) is 4.74 Å². The normalized spacial score (nSPS) is 19.4. The van der Waals surface area contributed by atoms with E-state index in [1.54, 1.807) is 11.0 Å². The Hall–Kier alpha value is -3.19. The Morgan fingerprint density at radius 2 is 1.64 bits per heavy atom. The van der Waals surface area contributed by atoms with Crippen LogP contribution in [0.3, 0.4) is 0 Å². The van der Waals surface area contributed by atoms with E-state index in [2.05, 4.69) is 26.1 Å². The standard InChI is InChI=1S/C29H37N3O4/c1-21-10-8-9-13-23(21)27(35)32-24(26(34)30-19-22-11-6-5-7-12-22)20-36-29(32)14-16-31(17-15-29)25(33)18-28(2,3)4/h5-13,24H,14-20H2,1-4H3,(H,30,34)/t24-/m1/s1. The van der Waals surface area contributed by atoms with Crippen molar-refractivity contribution in [2.45, 2.75) is 65.3 Å². The average Bonchev–Trinajstić information content (AvgIpc) is 3.21. The summed E-state index contributed by atoms with van der Waals surface area (Å²) in [6.45, 7) is 9.55. The van der Waals surface area contributed by atoms with Gasteiger partial charge in [-0.3, -0.25) is 19.3 Å². The van der Waals surface area contributed by atoms with Crippen molar-refractivity contribution in [3.63, 3.8) is 0 Å². The van der Waals surface area contributed by atoms with Crippen LogP contribution < -0.4 is 5.32 Å². The minimum atomic E-state index is -0.910. The first kappa shape index (κ1) is 25.9. The van der Waals surface area contributed by atoms with Gasteiger partial charge in [0.2, 0.25) is 11.8 Å². The third-order valence-electron chi connectivity index (χ3n) is 7.05. The van der Waals surface area contributed by atoms with Crippen LogP contribution in [-0.2, 0) is 20.9 Å². The van der Waals surface area contributed by atoms with Crippen molar-refractivity contribution in [2.75, 3.05) is 19.7 Å². The number of aryl methyl sites for hydroxylation is 1. The second-order valence-corrected chi connectivity index (χ2v) is 11.1. The van der Waals surface area contributed by atoms with E-state index in [9.17, 15) is 14.4 Å². The van der Waals surface area contributed by atoms with E-state index >= 15 is 0 Å². The number of hydrogen-bond acceptors (Lipinski definition) is 4. The Kier molecular flexibility index (Phi) is 7.50. The van der Waals surface area contributed by atoms with Gasteiger partial charge >= 0.3 is 0 Å². The lowest BCUT2D eigenvalue weighted by Crippen LogP contribution is -2.60. The number of amides is 3. The van der Waals surface area contributed by atoms with Crippen LogP contribution in [0.5, 0.6) is 0 Å². The summed E-state index contributed by atoms with van der Waals surface area (Å²) >= 11 is 0. The lowest BCUT2D eigenvalue weighted by atomic mass is 9.90. The number of likely N-dealkylation sites (tertiary alicyclic amines) is 1. The number of nitrogens with one attached hydrogen (secondary N) is 1. The molecule has 7 nitrogen and oxygen atoms in total. The second-order valence-electron chi connectivity index (χ2n) is 11.1. The maximum Gasteiger partial charge on any atom is 0.257 e. The Labute approximate surface area is 213 Å². The maximum atomic E-state index is 13.9. The smallest absolute Gasteiger partial charge is 0.257 e. The van der Waals surface area contributed by atoms with Gasteiger partial charge in [-0.25, -0.2) is 0 Å². The molecule has 2 heterocycles. The molecule has 3 amide bonds. The molecule has 1 N–H and O–H groups in total. The number of carbonyl (C=O) groups excluding carboxylic acids is 3. The number of piperidine rings is 1. The molecule has 2 fully saturated rings. The van der Waals surface area contributed by atoms with Crippen molar-refractivity contribution < 1.29 is 19.1 Å². The number of nitrogens with zero attached hydrogens (tertiary/aromatic N) is 2. The first-order valence-electron chi connectivity index (χ1n) is 12.7. The summed E-state index contributed by atoms with van der Waals surface area (Å²) in [5.41, 5.74) is 1.40. The summed E-state index contributed by atoms with van der Waals surface area (Å²) in [6, 6.07) is 16.4. The Morgan fingerprint density at radius 1 is 1.00 bits per heavy atom. The molecule has 0 unspecified atom stereocenters. The molecule has 4 rings (SSSR count). The van der Waals surface area contributed by atoms with E-state index in [1.807, 2.05) is 60.4 Å². The number of benzene rings is 2. The Bertz CT molecular complexity index is 1100. The maximum absolute atomic E-state index is 13.9. The molecule has 192 valence electrons. The monoisotopic (exact) mass is 491 g/mol. The molecular formula is C29H37N3O4. The number of hydrogen-bond donors (Lipinski definition) is 1. The average molecular weight is 492 g/mol. The fraction of sp³-hybridized carbons (Fsp3) is 0.483. The summed E-state index contributed by atoms with van der Waals surface area (Å²) in [7, 11) is 0. The minimum Gasteiger partial charge on any atom is -0.353 e. The van der Waals surface area contributed by atoms with Crippen molar-refractivity contribution in [3.8, 4) is 0 Å². The van der Waals surface area contributed by atoms with Gasteiger partial charge in [0.15, 0.2) is 0 Å². The zero-order valence-electron chi connectivity index (χ0n) is 21.8. The molecule has 1 spiro atoms. The summed E-state index contributed by atoms with van der Waals surface area (Å²) < 4.78 is 6.30. The van der Waals surface area contributed by atoms with Crippen LogP contribution in [0.2, 0.25) is 0 Å². The highest BCUT2D eigenvalue weighted by Crippen LogP contribution is 2.39. The fourth-order valence-electron chi connectivity index (χ4n) is 5.08. The Morgan fingerprint density at radius 3 is 2.28 bits per heavy atom. The van der Waals surface area contributed by atoms with Crippen molar-refractivity contribution in [1.29, 1.82) is 0 Å². The zero-order chi connectivity index (χ0) is 25.9. The SMILES string of the molecule is Cc1ccccc1C(=O)N1[C@@H](C(=O)NCc2ccccc2)COC12CCN(C(=O)CC(C)(C)C)CC2. The van der Waals surface area contributed by atoms with Gasteiger partial charge in [-0.15, -0.1) is 0 Å². The Balaban J connectivity index is 1.55. The van der Waals surface area contributed by atoms with E-state index in [-0.39, 0.29) is 29.7 Å². The molecule has 0 bridgehead atoms. The quantitative estimate of drug-likeness (QED) is 0.688. The molecule has 0 radical (unpaired) electrons. The number of ether oxygens (including phenoxy) is 1. The summed E-state index contributed by atoms with van der Waals surface area (Å²) in [5.74, 6) is -0.326. The summed E-state index contributed by atoms with van der Waals surface area (Å²) in [5, 5.41) is 2.99. The van der Waals surface area contributed by atoms with Crippen molar-refractivity contribution in [3.05, 3.63) is 71.3 Å². The predicted molar refractivity (Wildman–Crippen MR) is 138 cm³/mol. The highest BCUT2D eigenvalue weighted by atomic mass is 16.5. The molecule has 0 aliphatic carbocycles. The first-order chi connectivity index (χ1) is 17.1. The van der Waals surface area contributed by atoms with Crippen molar-refractivity contribution in [2.24, 2.45) is 5.41 Å². The zero-order valence-corrected chi connectivity index (χ0v) is 21.8. The van der Waals surface area contributed by atoms with Gasteiger partial charge < -0.3 is 15.0 Å². The number of rotatable bonds is 5.